The van der Waals surface area contributed by atoms with E-state index in [4.69, 9.17) is 10.8 Å². The van der Waals surface area contributed by atoms with Gasteiger partial charge in [0.25, 0.3) is 0 Å². The van der Waals surface area contributed by atoms with E-state index in [1.165, 1.54) is 32.1 Å². The minimum atomic E-state index is -0.461. The zero-order valence-electron chi connectivity index (χ0n) is 10.4. The summed E-state index contributed by atoms with van der Waals surface area (Å²) in [7, 11) is 0. The fourth-order valence-electron chi connectivity index (χ4n) is 2.47. The van der Waals surface area contributed by atoms with Gasteiger partial charge in [0.05, 0.1) is 12.6 Å². The summed E-state index contributed by atoms with van der Waals surface area (Å²) in [5, 5.41) is 9.08. The Balaban J connectivity index is 2.24. The second-order valence-electron chi connectivity index (χ2n) is 4.92. The highest BCUT2D eigenvalue weighted by Gasteiger charge is 2.19. The van der Waals surface area contributed by atoms with E-state index in [0.717, 1.165) is 11.4 Å². The summed E-state index contributed by atoms with van der Waals surface area (Å²) in [6.45, 7) is 1.86. The van der Waals surface area contributed by atoms with Crippen molar-refractivity contribution >= 4 is 0 Å². The first-order valence-electron chi connectivity index (χ1n) is 6.42. The molecule has 1 atom stereocenters. The van der Waals surface area contributed by atoms with Crippen LogP contribution in [-0.4, -0.2) is 21.7 Å². The number of nitrogens with two attached hydrogens (primary N) is 1. The molecule has 1 heterocycles. The van der Waals surface area contributed by atoms with Crippen molar-refractivity contribution in [3.63, 3.8) is 0 Å². The van der Waals surface area contributed by atoms with E-state index in [1.54, 1.807) is 0 Å². The molecule has 0 bridgehead atoms. The van der Waals surface area contributed by atoms with Gasteiger partial charge < -0.3 is 10.8 Å². The molecule has 0 aliphatic heterocycles. The van der Waals surface area contributed by atoms with Crippen LogP contribution in [0.15, 0.2) is 6.07 Å². The van der Waals surface area contributed by atoms with E-state index in [9.17, 15) is 0 Å². The topological polar surface area (TPSA) is 72.0 Å². The third-order valence-corrected chi connectivity index (χ3v) is 3.44. The van der Waals surface area contributed by atoms with Gasteiger partial charge in [-0.2, -0.15) is 0 Å². The Kier molecular flexibility index (Phi) is 4.07. The van der Waals surface area contributed by atoms with Gasteiger partial charge in [0, 0.05) is 17.3 Å². The average molecular weight is 235 g/mol. The highest BCUT2D eigenvalue weighted by atomic mass is 16.3. The minimum absolute atomic E-state index is 0.104. The highest BCUT2D eigenvalue weighted by molar-refractivity contribution is 5.16. The molecule has 94 valence electrons. The van der Waals surface area contributed by atoms with Crippen LogP contribution in [0.5, 0.6) is 0 Å². The molecule has 4 heteroatoms. The third kappa shape index (κ3) is 3.01. The lowest BCUT2D eigenvalue weighted by Crippen LogP contribution is -2.20. The molecule has 0 spiro atoms. The quantitative estimate of drug-likeness (QED) is 0.838. The second kappa shape index (κ2) is 5.56. The number of hydrogen-bond acceptors (Lipinski definition) is 4. The van der Waals surface area contributed by atoms with Gasteiger partial charge in [0.1, 0.15) is 5.82 Å². The number of aryl methyl sites for hydroxylation is 1. The Bertz CT molecular complexity index is 375. The van der Waals surface area contributed by atoms with Crippen LogP contribution in [-0.2, 0) is 0 Å². The molecule has 1 aromatic heterocycles. The zero-order chi connectivity index (χ0) is 12.3. The molecule has 1 fully saturated rings. The van der Waals surface area contributed by atoms with Gasteiger partial charge in [-0.3, -0.25) is 0 Å². The molecule has 0 amide bonds. The van der Waals surface area contributed by atoms with Crippen LogP contribution in [0.3, 0.4) is 0 Å². The van der Waals surface area contributed by atoms with Crippen LogP contribution in [0, 0.1) is 6.92 Å². The van der Waals surface area contributed by atoms with Crippen molar-refractivity contribution in [2.75, 3.05) is 6.61 Å². The number of nitrogens with zero attached hydrogens (tertiary/aromatic N) is 2. The van der Waals surface area contributed by atoms with E-state index in [1.807, 2.05) is 6.92 Å². The fourth-order valence-corrected chi connectivity index (χ4v) is 2.47. The first-order chi connectivity index (χ1) is 8.20. The van der Waals surface area contributed by atoms with Gasteiger partial charge in [0.2, 0.25) is 0 Å². The molecule has 17 heavy (non-hydrogen) atoms. The van der Waals surface area contributed by atoms with E-state index < -0.39 is 6.04 Å². The van der Waals surface area contributed by atoms with Crippen molar-refractivity contribution in [1.29, 1.82) is 0 Å². The fraction of sp³-hybridized carbons (Fsp3) is 0.692. The van der Waals surface area contributed by atoms with Crippen molar-refractivity contribution in [3.05, 3.63) is 23.3 Å². The Hall–Kier alpha value is -1.00. The SMILES string of the molecule is Cc1cc(C2CCCCC2)nc(C(N)CO)n1. The lowest BCUT2D eigenvalue weighted by atomic mass is 9.86. The predicted octanol–water partition coefficient (Wildman–Crippen LogP) is 1.82. The van der Waals surface area contributed by atoms with Crippen LogP contribution in [0.4, 0.5) is 0 Å². The lowest BCUT2D eigenvalue weighted by molar-refractivity contribution is 0.263. The van der Waals surface area contributed by atoms with Gasteiger partial charge in [-0.25, -0.2) is 9.97 Å². The van der Waals surface area contributed by atoms with Crippen molar-refractivity contribution in [1.82, 2.24) is 9.97 Å². The van der Waals surface area contributed by atoms with Crippen LogP contribution in [0.2, 0.25) is 0 Å². The monoisotopic (exact) mass is 235 g/mol. The van der Waals surface area contributed by atoms with Gasteiger partial charge in [0.15, 0.2) is 0 Å². The Morgan fingerprint density at radius 1 is 1.35 bits per heavy atom. The molecule has 4 nitrogen and oxygen atoms in total. The molecule has 0 saturated heterocycles. The maximum atomic E-state index is 9.08. The summed E-state index contributed by atoms with van der Waals surface area (Å²) < 4.78 is 0. The summed E-state index contributed by atoms with van der Waals surface area (Å²) >= 11 is 0. The number of aliphatic hydroxyl groups excluding tert-OH is 1. The van der Waals surface area contributed by atoms with Gasteiger partial charge in [-0.15, -0.1) is 0 Å². The van der Waals surface area contributed by atoms with Crippen molar-refractivity contribution < 1.29 is 5.11 Å². The van der Waals surface area contributed by atoms with Crippen molar-refractivity contribution in [2.45, 2.75) is 51.0 Å². The normalized spacial score (nSPS) is 19.2. The molecule has 1 unspecified atom stereocenters. The summed E-state index contributed by atoms with van der Waals surface area (Å²) in [5.41, 5.74) is 7.84. The molecule has 0 radical (unpaired) electrons. The molecule has 1 saturated carbocycles. The Morgan fingerprint density at radius 3 is 2.71 bits per heavy atom. The Labute approximate surface area is 102 Å². The van der Waals surface area contributed by atoms with Crippen molar-refractivity contribution in [3.8, 4) is 0 Å². The molecule has 0 aromatic carbocycles. The number of hydrogen-bond donors (Lipinski definition) is 2. The number of rotatable bonds is 3. The average Bonchev–Trinajstić information content (AvgIpc) is 2.38. The van der Waals surface area contributed by atoms with Crippen LogP contribution in [0.1, 0.15) is 61.3 Å². The molecular weight excluding hydrogens is 214 g/mol. The lowest BCUT2D eigenvalue weighted by Gasteiger charge is -2.22. The van der Waals surface area contributed by atoms with Crippen LogP contribution >= 0.6 is 0 Å². The van der Waals surface area contributed by atoms with Crippen LogP contribution < -0.4 is 5.73 Å². The van der Waals surface area contributed by atoms with E-state index in [0.29, 0.717) is 11.7 Å². The van der Waals surface area contributed by atoms with Crippen molar-refractivity contribution in [2.24, 2.45) is 5.73 Å². The maximum absolute atomic E-state index is 9.08. The summed E-state index contributed by atoms with van der Waals surface area (Å²) in [6, 6.07) is 1.60. The smallest absolute Gasteiger partial charge is 0.147 e. The molecule has 3 N–H and O–H groups in total. The first-order valence-corrected chi connectivity index (χ1v) is 6.42. The molecular formula is C13H21N3O. The van der Waals surface area contributed by atoms with Gasteiger partial charge in [-0.1, -0.05) is 19.3 Å². The molecule has 2 rings (SSSR count). The summed E-state index contributed by atoms with van der Waals surface area (Å²) in [6.07, 6.45) is 6.34. The third-order valence-electron chi connectivity index (χ3n) is 3.44. The van der Waals surface area contributed by atoms with E-state index >= 15 is 0 Å². The number of aliphatic hydroxyl groups is 1. The number of aromatic nitrogens is 2. The summed E-state index contributed by atoms with van der Waals surface area (Å²) in [5.74, 6) is 1.13. The molecule has 1 aliphatic carbocycles. The zero-order valence-corrected chi connectivity index (χ0v) is 10.4. The maximum Gasteiger partial charge on any atom is 0.147 e. The highest BCUT2D eigenvalue weighted by Crippen LogP contribution is 2.31. The largest absolute Gasteiger partial charge is 0.394 e. The van der Waals surface area contributed by atoms with E-state index in [-0.39, 0.29) is 6.61 Å². The van der Waals surface area contributed by atoms with Gasteiger partial charge >= 0.3 is 0 Å². The second-order valence-corrected chi connectivity index (χ2v) is 4.92. The summed E-state index contributed by atoms with van der Waals surface area (Å²) in [4.78, 5) is 8.84. The van der Waals surface area contributed by atoms with E-state index in [2.05, 4.69) is 16.0 Å². The molecule has 1 aromatic rings. The molecule has 1 aliphatic rings. The Morgan fingerprint density at radius 2 is 2.06 bits per heavy atom. The van der Waals surface area contributed by atoms with Crippen LogP contribution in [0.25, 0.3) is 0 Å². The standard InChI is InChI=1S/C13H21N3O/c1-9-7-12(10-5-3-2-4-6-10)16-13(15-9)11(14)8-17/h7,10-11,17H,2-6,8,14H2,1H3. The van der Waals surface area contributed by atoms with Gasteiger partial charge in [-0.05, 0) is 25.8 Å². The predicted molar refractivity (Wildman–Crippen MR) is 66.6 cm³/mol. The first kappa shape index (κ1) is 12.5. The minimum Gasteiger partial charge on any atom is -0.394 e.